The van der Waals surface area contributed by atoms with E-state index in [1.54, 1.807) is 23.1 Å². The molecular formula is C16H17N3O2S3. The highest BCUT2D eigenvalue weighted by atomic mass is 32.2. The summed E-state index contributed by atoms with van der Waals surface area (Å²) in [6, 6.07) is 8.02. The molecular weight excluding hydrogens is 362 g/mol. The lowest BCUT2D eigenvalue weighted by molar-refractivity contribution is 0.340. The molecule has 2 aromatic heterocycles. The molecule has 24 heavy (non-hydrogen) atoms. The molecule has 0 N–H and O–H groups in total. The largest absolute Gasteiger partial charge is 0.494 e. The Bertz CT molecular complexity index is 771. The van der Waals surface area contributed by atoms with E-state index >= 15 is 0 Å². The Morgan fingerprint density at radius 2 is 2.00 bits per heavy atom. The van der Waals surface area contributed by atoms with E-state index in [9.17, 15) is 0 Å². The first-order chi connectivity index (χ1) is 11.8. The number of hydrogen-bond donors (Lipinski definition) is 0. The van der Waals surface area contributed by atoms with Gasteiger partial charge in [0.1, 0.15) is 10.8 Å². The fourth-order valence-corrected chi connectivity index (χ4v) is 3.95. The van der Waals surface area contributed by atoms with E-state index in [2.05, 4.69) is 20.6 Å². The molecule has 0 unspecified atom stereocenters. The zero-order chi connectivity index (χ0) is 16.8. The molecule has 5 nitrogen and oxygen atoms in total. The van der Waals surface area contributed by atoms with Crippen LogP contribution < -0.4 is 4.74 Å². The minimum absolute atomic E-state index is 0.592. The number of thiazole rings is 1. The average molecular weight is 380 g/mol. The predicted octanol–water partition coefficient (Wildman–Crippen LogP) is 4.75. The predicted molar refractivity (Wildman–Crippen MR) is 99.8 cm³/mol. The van der Waals surface area contributed by atoms with Gasteiger partial charge in [0.25, 0.3) is 5.22 Å². The number of thioether (sulfide) groups is 2. The van der Waals surface area contributed by atoms with Crippen molar-refractivity contribution in [3.8, 4) is 16.3 Å². The molecule has 0 saturated carbocycles. The van der Waals surface area contributed by atoms with Crippen LogP contribution in [0.15, 0.2) is 39.3 Å². The molecule has 0 atom stereocenters. The summed E-state index contributed by atoms with van der Waals surface area (Å²) in [7, 11) is 0. The molecule has 0 aliphatic carbocycles. The Morgan fingerprint density at radius 3 is 2.75 bits per heavy atom. The molecule has 0 aliphatic heterocycles. The summed E-state index contributed by atoms with van der Waals surface area (Å²) in [4.78, 5) is 4.68. The van der Waals surface area contributed by atoms with Gasteiger partial charge in [0.2, 0.25) is 5.89 Å². The summed E-state index contributed by atoms with van der Waals surface area (Å²) < 4.78 is 11.0. The van der Waals surface area contributed by atoms with E-state index in [0.717, 1.165) is 27.8 Å². The molecule has 126 valence electrons. The molecule has 0 saturated heterocycles. The lowest BCUT2D eigenvalue weighted by Gasteiger charge is -2.02. The molecule has 0 radical (unpaired) electrons. The molecule has 2 heterocycles. The highest BCUT2D eigenvalue weighted by Crippen LogP contribution is 2.28. The second-order valence-electron chi connectivity index (χ2n) is 4.78. The van der Waals surface area contributed by atoms with Crippen molar-refractivity contribution in [2.75, 3.05) is 12.9 Å². The topological polar surface area (TPSA) is 61.0 Å². The maximum atomic E-state index is 5.55. The molecule has 0 fully saturated rings. The van der Waals surface area contributed by atoms with Crippen molar-refractivity contribution in [2.45, 2.75) is 23.7 Å². The van der Waals surface area contributed by atoms with Crippen LogP contribution in [0.4, 0.5) is 0 Å². The van der Waals surface area contributed by atoms with Gasteiger partial charge in [-0.15, -0.1) is 21.5 Å². The third-order valence-electron chi connectivity index (χ3n) is 3.02. The maximum Gasteiger partial charge on any atom is 0.276 e. The minimum atomic E-state index is 0.592. The van der Waals surface area contributed by atoms with Crippen molar-refractivity contribution in [3.63, 3.8) is 0 Å². The minimum Gasteiger partial charge on any atom is -0.494 e. The molecule has 3 rings (SSSR count). The second-order valence-corrected chi connectivity index (χ2v) is 7.44. The van der Waals surface area contributed by atoms with E-state index in [4.69, 9.17) is 9.15 Å². The van der Waals surface area contributed by atoms with Crippen molar-refractivity contribution < 1.29 is 9.15 Å². The number of hydrogen-bond acceptors (Lipinski definition) is 8. The smallest absolute Gasteiger partial charge is 0.276 e. The first kappa shape index (κ1) is 17.3. The van der Waals surface area contributed by atoms with Crippen molar-refractivity contribution in [1.29, 1.82) is 0 Å². The second kappa shape index (κ2) is 8.55. The zero-order valence-corrected chi connectivity index (χ0v) is 15.8. The number of ether oxygens (including phenoxy) is 1. The molecule has 0 aliphatic rings. The van der Waals surface area contributed by atoms with Crippen LogP contribution in [-0.2, 0) is 11.5 Å². The highest BCUT2D eigenvalue weighted by molar-refractivity contribution is 7.98. The summed E-state index contributed by atoms with van der Waals surface area (Å²) in [5.41, 5.74) is 2.11. The third kappa shape index (κ3) is 4.52. The zero-order valence-electron chi connectivity index (χ0n) is 13.4. The van der Waals surface area contributed by atoms with Crippen LogP contribution in [0.2, 0.25) is 0 Å². The number of nitrogens with zero attached hydrogens (tertiary/aromatic N) is 3. The SMILES string of the molecule is CCOc1ccc(-c2nc(CSc3nnc(CSC)o3)cs2)cc1. The normalized spacial score (nSPS) is 10.9. The van der Waals surface area contributed by atoms with Crippen molar-refractivity contribution in [3.05, 3.63) is 41.2 Å². The molecule has 3 aromatic rings. The first-order valence-electron chi connectivity index (χ1n) is 7.40. The average Bonchev–Trinajstić information content (AvgIpc) is 3.24. The number of benzene rings is 1. The lowest BCUT2D eigenvalue weighted by Crippen LogP contribution is -1.90. The van der Waals surface area contributed by atoms with Crippen LogP contribution in [0.1, 0.15) is 18.5 Å². The van der Waals surface area contributed by atoms with Crippen LogP contribution in [0.25, 0.3) is 10.6 Å². The summed E-state index contributed by atoms with van der Waals surface area (Å²) in [5, 5.41) is 11.7. The summed E-state index contributed by atoms with van der Waals surface area (Å²) >= 11 is 4.81. The van der Waals surface area contributed by atoms with Gasteiger partial charge in [-0.05, 0) is 37.4 Å². The molecule has 8 heteroatoms. The van der Waals surface area contributed by atoms with Crippen molar-refractivity contribution in [1.82, 2.24) is 15.2 Å². The first-order valence-corrected chi connectivity index (χ1v) is 10.7. The van der Waals surface area contributed by atoms with Crippen LogP contribution in [0.5, 0.6) is 5.75 Å². The van der Waals surface area contributed by atoms with Gasteiger partial charge in [-0.25, -0.2) is 4.98 Å². The Labute approximate surface area is 153 Å². The van der Waals surface area contributed by atoms with Gasteiger partial charge in [-0.1, -0.05) is 11.8 Å². The number of aromatic nitrogens is 3. The molecule has 1 aromatic carbocycles. The van der Waals surface area contributed by atoms with Crippen LogP contribution in [-0.4, -0.2) is 28.0 Å². The Kier molecular flexibility index (Phi) is 6.17. The van der Waals surface area contributed by atoms with Crippen LogP contribution in [0.3, 0.4) is 0 Å². The van der Waals surface area contributed by atoms with Crippen LogP contribution >= 0.6 is 34.9 Å². The van der Waals surface area contributed by atoms with E-state index in [1.807, 2.05) is 37.4 Å². The van der Waals surface area contributed by atoms with Crippen molar-refractivity contribution in [2.24, 2.45) is 0 Å². The Morgan fingerprint density at radius 1 is 1.17 bits per heavy atom. The number of rotatable bonds is 8. The standard InChI is InChI=1S/C16H17N3O2S3/c1-3-20-13-6-4-11(5-7-13)15-17-12(8-23-15)9-24-16-19-18-14(21-16)10-22-2/h4-8H,3,9-10H2,1-2H3. The maximum absolute atomic E-state index is 5.55. The molecule has 0 bridgehead atoms. The highest BCUT2D eigenvalue weighted by Gasteiger charge is 2.09. The van der Waals surface area contributed by atoms with Gasteiger partial charge in [-0.3, -0.25) is 0 Å². The fraction of sp³-hybridized carbons (Fsp3) is 0.312. The Hall–Kier alpha value is -1.51. The monoisotopic (exact) mass is 379 g/mol. The van der Waals surface area contributed by atoms with E-state index in [-0.39, 0.29) is 0 Å². The van der Waals surface area contributed by atoms with Gasteiger partial charge in [0.15, 0.2) is 0 Å². The summed E-state index contributed by atoms with van der Waals surface area (Å²) in [5.74, 6) is 3.00. The van der Waals surface area contributed by atoms with Crippen LogP contribution in [0, 0.1) is 0 Å². The molecule has 0 amide bonds. The summed E-state index contributed by atoms with van der Waals surface area (Å²) in [6.45, 7) is 2.65. The van der Waals surface area contributed by atoms with E-state index in [1.165, 1.54) is 11.8 Å². The Balaban J connectivity index is 1.60. The van der Waals surface area contributed by atoms with Gasteiger partial charge < -0.3 is 9.15 Å². The van der Waals surface area contributed by atoms with Gasteiger partial charge >= 0.3 is 0 Å². The van der Waals surface area contributed by atoms with Crippen molar-refractivity contribution >= 4 is 34.9 Å². The van der Waals surface area contributed by atoms with Gasteiger partial charge in [-0.2, -0.15) is 11.8 Å². The quantitative estimate of drug-likeness (QED) is 0.524. The summed E-state index contributed by atoms with van der Waals surface area (Å²) in [6.07, 6.45) is 2.01. The fourth-order valence-electron chi connectivity index (χ4n) is 1.98. The van der Waals surface area contributed by atoms with Gasteiger partial charge in [0, 0.05) is 16.7 Å². The van der Waals surface area contributed by atoms with E-state index in [0.29, 0.717) is 23.5 Å². The van der Waals surface area contributed by atoms with E-state index < -0.39 is 0 Å². The third-order valence-corrected chi connectivity index (χ3v) is 5.35. The lowest BCUT2D eigenvalue weighted by atomic mass is 10.2. The van der Waals surface area contributed by atoms with Gasteiger partial charge in [0.05, 0.1) is 18.1 Å². The molecule has 0 spiro atoms.